The molecule has 1 atom stereocenters. The Hall–Kier alpha value is -3.21. The summed E-state index contributed by atoms with van der Waals surface area (Å²) in [5.74, 6) is -3.50. The molecule has 150 valence electrons. The van der Waals surface area contributed by atoms with Crippen molar-refractivity contribution in [3.8, 4) is 5.75 Å². The minimum absolute atomic E-state index is 0.301. The van der Waals surface area contributed by atoms with Crippen LogP contribution in [0, 0.1) is 15.9 Å². The Labute approximate surface area is 161 Å². The van der Waals surface area contributed by atoms with Crippen molar-refractivity contribution in [1.82, 2.24) is 0 Å². The van der Waals surface area contributed by atoms with Crippen LogP contribution >= 0.6 is 0 Å². The summed E-state index contributed by atoms with van der Waals surface area (Å²) in [4.78, 5) is 21.8. The molecule has 7 nitrogen and oxygen atoms in total. The number of hydrogen-bond acceptors (Lipinski definition) is 5. The van der Waals surface area contributed by atoms with Crippen molar-refractivity contribution < 1.29 is 42.6 Å². The summed E-state index contributed by atoms with van der Waals surface area (Å²) in [7, 11) is 0. The second-order valence-electron chi connectivity index (χ2n) is 5.65. The molecular formula is C17H14F4N2O5. The molecule has 0 fully saturated rings. The first-order chi connectivity index (χ1) is 14.6. The van der Waals surface area contributed by atoms with Crippen LogP contribution in [0.5, 0.6) is 5.75 Å². The molecule has 2 rings (SSSR count). The van der Waals surface area contributed by atoms with Gasteiger partial charge in [-0.25, -0.2) is 4.39 Å². The number of aliphatic hydroxyl groups is 1. The predicted molar refractivity (Wildman–Crippen MR) is 89.2 cm³/mol. The van der Waals surface area contributed by atoms with Gasteiger partial charge in [0.25, 0.3) is 11.6 Å². The SMILES string of the molecule is [2H]c1c([2H])c(OC[C@](C)(O)C(=O)Nc2ccc([N+](=O)[O-])c(C(F)(F)F)c2)c([2H])c([2H])c1F. The molecule has 0 radical (unpaired) electrons. The van der Waals surface area contributed by atoms with Crippen molar-refractivity contribution in [1.29, 1.82) is 0 Å². The van der Waals surface area contributed by atoms with E-state index in [0.717, 1.165) is 13.0 Å². The third-order valence-electron chi connectivity index (χ3n) is 3.31. The van der Waals surface area contributed by atoms with E-state index in [2.05, 4.69) is 0 Å². The maximum atomic E-state index is 13.6. The van der Waals surface area contributed by atoms with Crippen LogP contribution in [0.25, 0.3) is 0 Å². The smallest absolute Gasteiger partial charge is 0.423 e. The molecule has 0 aromatic heterocycles. The lowest BCUT2D eigenvalue weighted by molar-refractivity contribution is -0.388. The number of hydrogen-bond donors (Lipinski definition) is 2. The average Bonchev–Trinajstić information content (AvgIpc) is 2.69. The minimum atomic E-state index is -5.10. The lowest BCUT2D eigenvalue weighted by Crippen LogP contribution is -2.45. The fraction of sp³-hybridized carbons (Fsp3) is 0.235. The van der Waals surface area contributed by atoms with Gasteiger partial charge in [-0.05, 0) is 43.2 Å². The Kier molecular flexibility index (Phi) is 4.41. The standard InChI is InChI=1S/C17H14F4N2O5/c1-16(25,9-28-12-5-2-10(18)3-6-12)15(24)22-11-4-7-14(23(26)27)13(8-11)17(19,20)21/h2-8,25H,9H2,1H3,(H,22,24)/t16-/m0/s1/i2D,3D,5D,6D. The first-order valence-corrected chi connectivity index (χ1v) is 7.36. The second kappa shape index (κ2) is 7.80. The molecule has 2 N–H and O–H groups in total. The first kappa shape index (κ1) is 15.8. The topological polar surface area (TPSA) is 102 Å². The van der Waals surface area contributed by atoms with Gasteiger partial charge in [0.2, 0.25) is 0 Å². The van der Waals surface area contributed by atoms with Gasteiger partial charge in [0, 0.05) is 11.8 Å². The number of amides is 1. The fourth-order valence-corrected chi connectivity index (χ4v) is 1.90. The molecule has 0 heterocycles. The number of nitro groups is 1. The number of rotatable bonds is 6. The van der Waals surface area contributed by atoms with Crippen LogP contribution in [0.3, 0.4) is 0 Å². The summed E-state index contributed by atoms with van der Waals surface area (Å²) in [5.41, 5.74) is -5.88. The number of carbonyl (C=O) groups excluding carboxylic acids is 1. The van der Waals surface area contributed by atoms with E-state index >= 15 is 0 Å². The van der Waals surface area contributed by atoms with Crippen molar-refractivity contribution in [3.63, 3.8) is 0 Å². The van der Waals surface area contributed by atoms with Gasteiger partial charge in [-0.3, -0.25) is 14.9 Å². The largest absolute Gasteiger partial charge is 0.490 e. The number of ether oxygens (including phenoxy) is 1. The highest BCUT2D eigenvalue weighted by Crippen LogP contribution is 2.37. The monoisotopic (exact) mass is 406 g/mol. The highest BCUT2D eigenvalue weighted by atomic mass is 19.4. The van der Waals surface area contributed by atoms with Gasteiger partial charge >= 0.3 is 6.18 Å². The molecule has 0 unspecified atom stereocenters. The fourth-order valence-electron chi connectivity index (χ4n) is 1.90. The van der Waals surface area contributed by atoms with E-state index in [-0.39, 0.29) is 0 Å². The number of benzene rings is 2. The Morgan fingerprint density at radius 1 is 1.32 bits per heavy atom. The van der Waals surface area contributed by atoms with Crippen LogP contribution < -0.4 is 10.1 Å². The molecule has 0 aliphatic heterocycles. The van der Waals surface area contributed by atoms with E-state index in [4.69, 9.17) is 10.2 Å². The summed E-state index contributed by atoms with van der Waals surface area (Å²) >= 11 is 0. The number of anilines is 1. The van der Waals surface area contributed by atoms with Crippen molar-refractivity contribution in [2.75, 3.05) is 11.9 Å². The Balaban J connectivity index is 2.25. The number of nitro benzene ring substituents is 1. The van der Waals surface area contributed by atoms with Crippen LogP contribution in [-0.2, 0) is 11.0 Å². The molecule has 1 amide bonds. The van der Waals surface area contributed by atoms with Gasteiger partial charge in [-0.2, -0.15) is 13.2 Å². The molecule has 2 aromatic carbocycles. The molecule has 28 heavy (non-hydrogen) atoms. The summed E-state index contributed by atoms with van der Waals surface area (Å²) < 4.78 is 87.7. The zero-order valence-electron chi connectivity index (χ0n) is 18.0. The molecule has 0 aliphatic carbocycles. The second-order valence-corrected chi connectivity index (χ2v) is 5.65. The Morgan fingerprint density at radius 3 is 2.46 bits per heavy atom. The first-order valence-electron chi connectivity index (χ1n) is 9.36. The van der Waals surface area contributed by atoms with E-state index in [1.165, 1.54) is 0 Å². The van der Waals surface area contributed by atoms with Gasteiger partial charge in [-0.15, -0.1) is 0 Å². The van der Waals surface area contributed by atoms with Crippen LogP contribution in [0.2, 0.25) is 0 Å². The van der Waals surface area contributed by atoms with E-state index in [0.29, 0.717) is 12.1 Å². The molecule has 0 spiro atoms. The molecule has 0 saturated heterocycles. The summed E-state index contributed by atoms with van der Waals surface area (Å²) in [6.45, 7) is -0.113. The van der Waals surface area contributed by atoms with Gasteiger partial charge in [0.05, 0.1) is 10.4 Å². The lowest BCUT2D eigenvalue weighted by Gasteiger charge is -2.23. The van der Waals surface area contributed by atoms with Crippen molar-refractivity contribution in [2.45, 2.75) is 18.7 Å². The van der Waals surface area contributed by atoms with Crippen molar-refractivity contribution in [2.24, 2.45) is 0 Å². The molecule has 11 heteroatoms. The molecular weight excluding hydrogens is 388 g/mol. The highest BCUT2D eigenvalue weighted by Gasteiger charge is 2.39. The number of nitrogens with one attached hydrogen (secondary N) is 1. The van der Waals surface area contributed by atoms with Crippen LogP contribution in [0.4, 0.5) is 28.9 Å². The third-order valence-corrected chi connectivity index (χ3v) is 3.31. The normalized spacial score (nSPS) is 15.5. The maximum Gasteiger partial charge on any atom is 0.423 e. The number of nitrogens with zero attached hydrogens (tertiary/aromatic N) is 1. The highest BCUT2D eigenvalue weighted by molar-refractivity contribution is 5.97. The van der Waals surface area contributed by atoms with E-state index in [1.54, 1.807) is 0 Å². The maximum absolute atomic E-state index is 13.6. The van der Waals surface area contributed by atoms with Crippen LogP contribution in [0.15, 0.2) is 42.4 Å². The lowest BCUT2D eigenvalue weighted by atomic mass is 10.1. The molecule has 0 saturated carbocycles. The number of carbonyl (C=O) groups is 1. The summed E-state index contributed by atoms with van der Waals surface area (Å²) in [5, 5.41) is 23.0. The Bertz CT molecular complexity index is 1070. The van der Waals surface area contributed by atoms with E-state index < -0.39 is 81.9 Å². The zero-order chi connectivity index (χ0) is 24.6. The van der Waals surface area contributed by atoms with Crippen LogP contribution in [-0.4, -0.2) is 28.1 Å². The average molecular weight is 406 g/mol. The summed E-state index contributed by atoms with van der Waals surface area (Å²) in [6.07, 6.45) is -5.10. The predicted octanol–water partition coefficient (Wildman–Crippen LogP) is 3.52. The zero-order valence-corrected chi connectivity index (χ0v) is 14.0. The molecule has 2 aromatic rings. The van der Waals surface area contributed by atoms with Gasteiger partial charge in [0.1, 0.15) is 23.7 Å². The third kappa shape index (κ3) is 5.16. The molecule has 0 bridgehead atoms. The van der Waals surface area contributed by atoms with Crippen molar-refractivity contribution >= 4 is 17.3 Å². The van der Waals surface area contributed by atoms with Gasteiger partial charge < -0.3 is 15.2 Å². The van der Waals surface area contributed by atoms with Gasteiger partial charge in [-0.1, -0.05) is 0 Å². The van der Waals surface area contributed by atoms with E-state index in [9.17, 15) is 37.6 Å². The number of alkyl halides is 3. The minimum Gasteiger partial charge on any atom is -0.490 e. The van der Waals surface area contributed by atoms with Crippen molar-refractivity contribution in [3.05, 3.63) is 63.9 Å². The van der Waals surface area contributed by atoms with Gasteiger partial charge in [0.15, 0.2) is 5.60 Å². The molecule has 0 aliphatic rings. The number of halogens is 4. The summed E-state index contributed by atoms with van der Waals surface area (Å²) in [6, 6.07) is -2.28. The van der Waals surface area contributed by atoms with E-state index in [1.807, 2.05) is 5.32 Å². The van der Waals surface area contributed by atoms with Crippen LogP contribution in [0.1, 0.15) is 18.0 Å². The quantitative estimate of drug-likeness (QED) is 0.434. The Morgan fingerprint density at radius 2 is 1.93 bits per heavy atom.